The van der Waals surface area contributed by atoms with Gasteiger partial charge in [-0.2, -0.15) is 0 Å². The second kappa shape index (κ2) is 7.09. The van der Waals surface area contributed by atoms with E-state index in [-0.39, 0.29) is 18.1 Å². The standard InChI is InChI=1S/C19H14ClFN4OS/c1-10-13(14-8-11(21)6-7-16(14)22-10)9-17(26)23-19-25-24-18(27-19)12-4-2-3-5-15(12)20/h2-8,22H,9H2,1H3,(H,23,25,26). The van der Waals surface area contributed by atoms with E-state index < -0.39 is 0 Å². The Morgan fingerprint density at radius 1 is 1.26 bits per heavy atom. The Morgan fingerprint density at radius 3 is 2.89 bits per heavy atom. The van der Waals surface area contributed by atoms with Gasteiger partial charge in [-0.05, 0) is 36.8 Å². The van der Waals surface area contributed by atoms with E-state index in [9.17, 15) is 9.18 Å². The third-order valence-electron chi connectivity index (χ3n) is 4.19. The number of halogens is 2. The lowest BCUT2D eigenvalue weighted by Gasteiger charge is -2.02. The number of carbonyl (C=O) groups is 1. The van der Waals surface area contributed by atoms with Crippen LogP contribution in [0, 0.1) is 12.7 Å². The van der Waals surface area contributed by atoms with Crippen LogP contribution in [0.2, 0.25) is 5.02 Å². The summed E-state index contributed by atoms with van der Waals surface area (Å²) in [5, 5.41) is 13.1. The lowest BCUT2D eigenvalue weighted by atomic mass is 10.1. The van der Waals surface area contributed by atoms with Crippen LogP contribution in [0.1, 0.15) is 11.3 Å². The maximum absolute atomic E-state index is 13.6. The predicted octanol–water partition coefficient (Wildman–Crippen LogP) is 4.97. The molecule has 0 aliphatic heterocycles. The zero-order chi connectivity index (χ0) is 19.0. The molecule has 2 heterocycles. The molecule has 4 aromatic rings. The first kappa shape index (κ1) is 17.6. The number of carbonyl (C=O) groups excluding carboxylic acids is 1. The van der Waals surface area contributed by atoms with Crippen molar-refractivity contribution in [2.24, 2.45) is 0 Å². The van der Waals surface area contributed by atoms with Crippen LogP contribution < -0.4 is 5.32 Å². The van der Waals surface area contributed by atoms with Crippen LogP contribution in [0.25, 0.3) is 21.5 Å². The van der Waals surface area contributed by atoms with Gasteiger partial charge in [0.15, 0.2) is 5.01 Å². The molecule has 0 spiro atoms. The van der Waals surface area contributed by atoms with E-state index in [1.165, 1.54) is 23.5 Å². The summed E-state index contributed by atoms with van der Waals surface area (Å²) < 4.78 is 13.6. The molecule has 0 saturated carbocycles. The molecule has 27 heavy (non-hydrogen) atoms. The highest BCUT2D eigenvalue weighted by Crippen LogP contribution is 2.32. The minimum atomic E-state index is -0.336. The fourth-order valence-corrected chi connectivity index (χ4v) is 4.00. The molecule has 0 saturated heterocycles. The Morgan fingerprint density at radius 2 is 2.07 bits per heavy atom. The maximum atomic E-state index is 13.6. The smallest absolute Gasteiger partial charge is 0.230 e. The molecular formula is C19H14ClFN4OS. The van der Waals surface area contributed by atoms with Gasteiger partial charge in [-0.1, -0.05) is 41.1 Å². The number of hydrogen-bond donors (Lipinski definition) is 2. The third-order valence-corrected chi connectivity index (χ3v) is 5.40. The number of anilines is 1. The van der Waals surface area contributed by atoms with Gasteiger partial charge in [0.05, 0.1) is 11.4 Å². The summed E-state index contributed by atoms with van der Waals surface area (Å²) in [6.45, 7) is 1.86. The highest BCUT2D eigenvalue weighted by atomic mass is 35.5. The minimum Gasteiger partial charge on any atom is -0.358 e. The number of aromatic amines is 1. The summed E-state index contributed by atoms with van der Waals surface area (Å²) >= 11 is 7.42. The Bertz CT molecular complexity index is 1150. The van der Waals surface area contributed by atoms with E-state index in [0.29, 0.717) is 20.5 Å². The molecule has 0 aliphatic carbocycles. The van der Waals surface area contributed by atoms with E-state index in [0.717, 1.165) is 22.3 Å². The van der Waals surface area contributed by atoms with Crippen molar-refractivity contribution < 1.29 is 9.18 Å². The van der Waals surface area contributed by atoms with E-state index >= 15 is 0 Å². The number of nitrogens with zero attached hydrogens (tertiary/aromatic N) is 2. The van der Waals surface area contributed by atoms with Crippen LogP contribution in [0.4, 0.5) is 9.52 Å². The van der Waals surface area contributed by atoms with Gasteiger partial charge < -0.3 is 10.3 Å². The van der Waals surface area contributed by atoms with Crippen molar-refractivity contribution in [3.05, 3.63) is 64.6 Å². The second-order valence-corrected chi connectivity index (χ2v) is 7.42. The van der Waals surface area contributed by atoms with Gasteiger partial charge in [-0.15, -0.1) is 10.2 Å². The van der Waals surface area contributed by atoms with E-state index in [4.69, 9.17) is 11.6 Å². The average Bonchev–Trinajstić information content (AvgIpc) is 3.21. The Labute approximate surface area is 163 Å². The Balaban J connectivity index is 1.53. The van der Waals surface area contributed by atoms with Gasteiger partial charge in [0, 0.05) is 22.2 Å². The predicted molar refractivity (Wildman–Crippen MR) is 106 cm³/mol. The molecule has 2 aromatic heterocycles. The molecule has 1 amide bonds. The minimum absolute atomic E-state index is 0.107. The van der Waals surface area contributed by atoms with Crippen molar-refractivity contribution in [2.45, 2.75) is 13.3 Å². The van der Waals surface area contributed by atoms with Crippen LogP contribution in [-0.2, 0) is 11.2 Å². The number of rotatable bonds is 4. The molecule has 0 bridgehead atoms. The first-order chi connectivity index (χ1) is 13.0. The summed E-state index contributed by atoms with van der Waals surface area (Å²) in [6.07, 6.45) is 0.107. The van der Waals surface area contributed by atoms with Crippen molar-refractivity contribution in [2.75, 3.05) is 5.32 Å². The summed E-state index contributed by atoms with van der Waals surface area (Å²) in [5.41, 5.74) is 3.16. The fraction of sp³-hybridized carbons (Fsp3) is 0.105. The first-order valence-electron chi connectivity index (χ1n) is 8.16. The monoisotopic (exact) mass is 400 g/mol. The van der Waals surface area contributed by atoms with E-state index in [2.05, 4.69) is 20.5 Å². The lowest BCUT2D eigenvalue weighted by Crippen LogP contribution is -2.14. The molecule has 4 rings (SSSR count). The van der Waals surface area contributed by atoms with Crippen molar-refractivity contribution in [3.63, 3.8) is 0 Å². The number of nitrogens with one attached hydrogen (secondary N) is 2. The van der Waals surface area contributed by atoms with Gasteiger partial charge in [0.1, 0.15) is 5.82 Å². The van der Waals surface area contributed by atoms with Crippen LogP contribution >= 0.6 is 22.9 Å². The maximum Gasteiger partial charge on any atom is 0.230 e. The van der Waals surface area contributed by atoms with Crippen molar-refractivity contribution in [1.82, 2.24) is 15.2 Å². The third kappa shape index (κ3) is 3.56. The second-order valence-electron chi connectivity index (χ2n) is 6.04. The quantitative estimate of drug-likeness (QED) is 0.508. The van der Waals surface area contributed by atoms with Gasteiger partial charge in [-0.25, -0.2) is 4.39 Å². The molecule has 8 heteroatoms. The highest BCUT2D eigenvalue weighted by Gasteiger charge is 2.16. The van der Waals surface area contributed by atoms with Crippen molar-refractivity contribution >= 4 is 44.9 Å². The summed E-state index contributed by atoms with van der Waals surface area (Å²) in [6, 6.07) is 11.8. The number of fused-ring (bicyclic) bond motifs is 1. The molecule has 0 radical (unpaired) electrons. The molecule has 0 fully saturated rings. The van der Waals surface area contributed by atoms with Gasteiger partial charge in [0.25, 0.3) is 0 Å². The molecular weight excluding hydrogens is 387 g/mol. The molecule has 5 nitrogen and oxygen atoms in total. The van der Waals surface area contributed by atoms with E-state index in [1.807, 2.05) is 25.1 Å². The molecule has 136 valence electrons. The largest absolute Gasteiger partial charge is 0.358 e. The van der Waals surface area contributed by atoms with Gasteiger partial charge >= 0.3 is 0 Å². The normalized spacial score (nSPS) is 11.1. The molecule has 2 aromatic carbocycles. The first-order valence-corrected chi connectivity index (χ1v) is 9.35. The molecule has 0 aliphatic rings. The Kier molecular flexibility index (Phi) is 4.63. The zero-order valence-corrected chi connectivity index (χ0v) is 15.8. The number of H-pyrrole nitrogens is 1. The van der Waals surface area contributed by atoms with Crippen LogP contribution in [0.5, 0.6) is 0 Å². The van der Waals surface area contributed by atoms with Crippen molar-refractivity contribution in [3.8, 4) is 10.6 Å². The fourth-order valence-electron chi connectivity index (χ4n) is 2.92. The number of aromatic nitrogens is 3. The summed E-state index contributed by atoms with van der Waals surface area (Å²) in [7, 11) is 0. The van der Waals surface area contributed by atoms with Crippen LogP contribution in [0.15, 0.2) is 42.5 Å². The van der Waals surface area contributed by atoms with Crippen molar-refractivity contribution in [1.29, 1.82) is 0 Å². The average molecular weight is 401 g/mol. The number of benzene rings is 2. The number of amides is 1. The Hall–Kier alpha value is -2.77. The number of hydrogen-bond acceptors (Lipinski definition) is 4. The molecule has 0 unspecified atom stereocenters. The summed E-state index contributed by atoms with van der Waals surface area (Å²) in [4.78, 5) is 15.6. The SMILES string of the molecule is Cc1[nH]c2ccc(F)cc2c1CC(=O)Nc1nnc(-c2ccccc2Cl)s1. The molecule has 0 atom stereocenters. The zero-order valence-electron chi connectivity index (χ0n) is 14.2. The van der Waals surface area contributed by atoms with Gasteiger partial charge in [-0.3, -0.25) is 4.79 Å². The topological polar surface area (TPSA) is 70.7 Å². The lowest BCUT2D eigenvalue weighted by molar-refractivity contribution is -0.115. The van der Waals surface area contributed by atoms with Crippen LogP contribution in [0.3, 0.4) is 0 Å². The van der Waals surface area contributed by atoms with Crippen LogP contribution in [-0.4, -0.2) is 21.1 Å². The highest BCUT2D eigenvalue weighted by molar-refractivity contribution is 7.18. The van der Waals surface area contributed by atoms with E-state index in [1.54, 1.807) is 12.1 Å². The summed E-state index contributed by atoms with van der Waals surface area (Å²) in [5.74, 6) is -0.582. The van der Waals surface area contributed by atoms with Gasteiger partial charge in [0.2, 0.25) is 11.0 Å². The number of aryl methyl sites for hydroxylation is 1. The molecule has 2 N–H and O–H groups in total.